The molecule has 29 heavy (non-hydrogen) atoms. The largest absolute Gasteiger partial charge is 0.496 e. The Labute approximate surface area is 175 Å². The maximum absolute atomic E-state index is 12.8. The quantitative estimate of drug-likeness (QED) is 0.309. The number of aryl methyl sites for hydroxylation is 1. The number of ether oxygens (including phenoxy) is 2. The molecule has 1 atom stereocenters. The smallest absolute Gasteiger partial charge is 0.336 e. The molecule has 3 rings (SSSR count). The van der Waals surface area contributed by atoms with Crippen LogP contribution in [0.2, 0.25) is 0 Å². The summed E-state index contributed by atoms with van der Waals surface area (Å²) < 4.78 is 16.4. The number of esters is 1. The van der Waals surface area contributed by atoms with E-state index in [4.69, 9.17) is 13.9 Å². The maximum Gasteiger partial charge on any atom is 0.336 e. The fraction of sp³-hybridized carbons (Fsp3) is 0.227. The van der Waals surface area contributed by atoms with E-state index in [9.17, 15) is 14.4 Å². The van der Waals surface area contributed by atoms with Crippen LogP contribution < -0.4 is 10.4 Å². The van der Waals surface area contributed by atoms with E-state index >= 15 is 0 Å². The lowest BCUT2D eigenvalue weighted by atomic mass is 9.89. The Kier molecular flexibility index (Phi) is 6.17. The van der Waals surface area contributed by atoms with Crippen LogP contribution in [0.5, 0.6) is 5.75 Å². The van der Waals surface area contributed by atoms with E-state index in [1.54, 1.807) is 43.3 Å². The molecule has 0 aliphatic heterocycles. The first-order valence-corrected chi connectivity index (χ1v) is 9.63. The number of hydrogen-bond acceptors (Lipinski definition) is 6. The Balaban J connectivity index is 2.12. The van der Waals surface area contributed by atoms with E-state index in [1.165, 1.54) is 20.3 Å². The first kappa shape index (κ1) is 20.8. The van der Waals surface area contributed by atoms with Gasteiger partial charge in [-0.2, -0.15) is 0 Å². The lowest BCUT2D eigenvalue weighted by Gasteiger charge is -2.17. The van der Waals surface area contributed by atoms with Crippen LogP contribution in [0.15, 0.2) is 56.1 Å². The van der Waals surface area contributed by atoms with Crippen molar-refractivity contribution in [1.29, 1.82) is 0 Å². The third-order valence-corrected chi connectivity index (χ3v) is 5.31. The van der Waals surface area contributed by atoms with Gasteiger partial charge in [-0.15, -0.1) is 0 Å². The molecular weight excluding hydrogens is 440 g/mol. The van der Waals surface area contributed by atoms with Gasteiger partial charge in [0.2, 0.25) is 0 Å². The Morgan fingerprint density at radius 3 is 2.41 bits per heavy atom. The average Bonchev–Trinajstić information content (AvgIpc) is 2.72. The van der Waals surface area contributed by atoms with E-state index in [-0.39, 0.29) is 12.2 Å². The number of methoxy groups -OCH3 is 2. The van der Waals surface area contributed by atoms with Gasteiger partial charge >= 0.3 is 11.6 Å². The minimum Gasteiger partial charge on any atom is -0.496 e. The number of Topliss-reactive ketones (excluding diaryl/α,β-unsaturated/α-hetero) is 1. The molecule has 0 amide bonds. The zero-order valence-corrected chi connectivity index (χ0v) is 17.7. The Hall–Kier alpha value is -2.93. The first-order chi connectivity index (χ1) is 13.8. The third-order valence-electron chi connectivity index (χ3n) is 4.78. The number of carbonyl (C=O) groups excluding carboxylic acids is 2. The van der Waals surface area contributed by atoms with Crippen molar-refractivity contribution in [2.75, 3.05) is 14.2 Å². The van der Waals surface area contributed by atoms with E-state index in [2.05, 4.69) is 15.9 Å². The van der Waals surface area contributed by atoms with Crippen molar-refractivity contribution in [1.82, 2.24) is 0 Å². The number of ketones is 1. The van der Waals surface area contributed by atoms with Crippen LogP contribution in [0, 0.1) is 6.92 Å². The second-order valence-electron chi connectivity index (χ2n) is 6.50. The second-order valence-corrected chi connectivity index (χ2v) is 7.42. The normalized spacial score (nSPS) is 11.9. The summed E-state index contributed by atoms with van der Waals surface area (Å²) in [6, 6.07) is 11.5. The minimum atomic E-state index is -0.949. The molecule has 0 aliphatic carbocycles. The molecule has 0 fully saturated rings. The van der Waals surface area contributed by atoms with Crippen molar-refractivity contribution in [2.45, 2.75) is 19.3 Å². The standard InChI is InChI=1S/C22H19BrO6/c1-12-19(27-2)9-8-15-16(11-20(25)29-21(12)15)17(22(26)28-3)10-18(24)13-4-6-14(23)7-5-13/h4-9,11,17H,10H2,1-3H3. The summed E-state index contributed by atoms with van der Waals surface area (Å²) in [6.45, 7) is 1.76. The van der Waals surface area contributed by atoms with E-state index < -0.39 is 17.5 Å². The van der Waals surface area contributed by atoms with Gasteiger partial charge in [0, 0.05) is 33.5 Å². The van der Waals surface area contributed by atoms with Gasteiger partial charge in [0.1, 0.15) is 11.3 Å². The lowest BCUT2D eigenvalue weighted by Crippen LogP contribution is -2.20. The molecule has 0 saturated carbocycles. The zero-order chi connectivity index (χ0) is 21.1. The van der Waals surface area contributed by atoms with Gasteiger partial charge in [-0.1, -0.05) is 28.1 Å². The lowest BCUT2D eigenvalue weighted by molar-refractivity contribution is -0.142. The van der Waals surface area contributed by atoms with Crippen molar-refractivity contribution in [2.24, 2.45) is 0 Å². The van der Waals surface area contributed by atoms with Gasteiger partial charge in [-0.3, -0.25) is 9.59 Å². The summed E-state index contributed by atoms with van der Waals surface area (Å²) in [5.74, 6) is -1.23. The highest BCUT2D eigenvalue weighted by Crippen LogP contribution is 2.33. The molecule has 0 aliphatic rings. The van der Waals surface area contributed by atoms with Gasteiger partial charge < -0.3 is 13.9 Å². The number of hydrogen-bond donors (Lipinski definition) is 0. The van der Waals surface area contributed by atoms with E-state index in [0.717, 1.165) is 4.47 Å². The maximum atomic E-state index is 12.8. The highest BCUT2D eigenvalue weighted by Gasteiger charge is 2.28. The predicted molar refractivity (Wildman–Crippen MR) is 112 cm³/mol. The van der Waals surface area contributed by atoms with Crippen molar-refractivity contribution >= 4 is 38.7 Å². The molecule has 150 valence electrons. The fourth-order valence-electron chi connectivity index (χ4n) is 3.28. The van der Waals surface area contributed by atoms with Crippen LogP contribution in [0.3, 0.4) is 0 Å². The molecule has 0 N–H and O–H groups in total. The van der Waals surface area contributed by atoms with Crippen molar-refractivity contribution < 1.29 is 23.5 Å². The molecule has 6 nitrogen and oxygen atoms in total. The Morgan fingerprint density at radius 2 is 1.79 bits per heavy atom. The van der Waals surface area contributed by atoms with Crippen LogP contribution in [0.4, 0.5) is 0 Å². The number of halogens is 1. The molecule has 7 heteroatoms. The van der Waals surface area contributed by atoms with Gasteiger partial charge in [0.05, 0.1) is 20.1 Å². The van der Waals surface area contributed by atoms with Crippen LogP contribution in [0.1, 0.15) is 33.8 Å². The van der Waals surface area contributed by atoms with E-state index in [0.29, 0.717) is 33.4 Å². The van der Waals surface area contributed by atoms with Gasteiger partial charge in [-0.25, -0.2) is 4.79 Å². The fourth-order valence-corrected chi connectivity index (χ4v) is 3.54. The molecule has 0 bridgehead atoms. The highest BCUT2D eigenvalue weighted by atomic mass is 79.9. The third kappa shape index (κ3) is 4.24. The van der Waals surface area contributed by atoms with Crippen LogP contribution in [-0.2, 0) is 9.53 Å². The molecule has 2 aromatic carbocycles. The summed E-state index contributed by atoms with van der Waals surface area (Å²) >= 11 is 3.33. The molecular formula is C22H19BrO6. The summed E-state index contributed by atoms with van der Waals surface area (Å²) in [4.78, 5) is 37.6. The van der Waals surface area contributed by atoms with E-state index in [1.807, 2.05) is 0 Å². The summed E-state index contributed by atoms with van der Waals surface area (Å²) in [6.07, 6.45) is -0.141. The molecule has 0 radical (unpaired) electrons. The summed E-state index contributed by atoms with van der Waals surface area (Å²) in [5.41, 5.74) is 1.18. The van der Waals surface area contributed by atoms with Gasteiger partial charge in [-0.05, 0) is 36.8 Å². The second kappa shape index (κ2) is 8.61. The number of rotatable bonds is 6. The van der Waals surface area contributed by atoms with Gasteiger partial charge in [0.15, 0.2) is 5.78 Å². The number of fused-ring (bicyclic) bond motifs is 1. The van der Waals surface area contributed by atoms with Crippen LogP contribution >= 0.6 is 15.9 Å². The first-order valence-electron chi connectivity index (χ1n) is 8.83. The van der Waals surface area contributed by atoms with Crippen molar-refractivity contribution in [3.8, 4) is 5.75 Å². The molecule has 0 saturated heterocycles. The minimum absolute atomic E-state index is 0.141. The Bertz CT molecular complexity index is 1130. The molecule has 1 heterocycles. The number of benzene rings is 2. The van der Waals surface area contributed by atoms with Gasteiger partial charge in [0.25, 0.3) is 0 Å². The summed E-state index contributed by atoms with van der Waals surface area (Å²) in [7, 11) is 2.77. The Morgan fingerprint density at radius 1 is 1.10 bits per heavy atom. The highest BCUT2D eigenvalue weighted by molar-refractivity contribution is 9.10. The number of carbonyl (C=O) groups is 2. The predicted octanol–water partition coefficient (Wildman–Crippen LogP) is 4.40. The molecule has 0 spiro atoms. The SMILES string of the molecule is COC(=O)C(CC(=O)c1ccc(Br)cc1)c1cc(=O)oc2c(C)c(OC)ccc12. The molecule has 1 aromatic heterocycles. The monoisotopic (exact) mass is 458 g/mol. The summed E-state index contributed by atoms with van der Waals surface area (Å²) in [5, 5.41) is 0.557. The van der Waals surface area contributed by atoms with Crippen molar-refractivity contribution in [3.05, 3.63) is 74.0 Å². The molecule has 3 aromatic rings. The zero-order valence-electron chi connectivity index (χ0n) is 16.2. The topological polar surface area (TPSA) is 82.8 Å². The van der Waals surface area contributed by atoms with Crippen LogP contribution in [0.25, 0.3) is 11.0 Å². The average molecular weight is 459 g/mol. The molecule has 1 unspecified atom stereocenters. The van der Waals surface area contributed by atoms with Crippen molar-refractivity contribution in [3.63, 3.8) is 0 Å². The van der Waals surface area contributed by atoms with Crippen LogP contribution in [-0.4, -0.2) is 26.0 Å².